The number of nitrogens with zero attached hydrogens (tertiary/aromatic N) is 3. The molecule has 0 atom stereocenters. The van der Waals surface area contributed by atoms with Crippen molar-refractivity contribution in [1.29, 1.82) is 0 Å². The molecule has 0 bridgehead atoms. The van der Waals surface area contributed by atoms with E-state index in [4.69, 9.17) is 17.3 Å². The molecular formula is C57H58N3OPt-. The second-order valence-electron chi connectivity index (χ2n) is 18.6. The average molecular weight is 1010 g/mol. The number of aryl methyl sites for hydroxylation is 1. The Kier molecular flexibility index (Phi) is 9.03. The van der Waals surface area contributed by atoms with Crippen LogP contribution in [0, 0.1) is 19.8 Å². The zero-order valence-corrected chi connectivity index (χ0v) is 39.2. The smallest absolute Gasteiger partial charge is 0.148 e. The predicted molar refractivity (Wildman–Crippen MR) is 257 cm³/mol. The first-order valence-electron chi connectivity index (χ1n) is 25.8. The van der Waals surface area contributed by atoms with Gasteiger partial charge in [-0.2, -0.15) is 0 Å². The second kappa shape index (κ2) is 16.9. The molecule has 0 saturated carbocycles. The van der Waals surface area contributed by atoms with Gasteiger partial charge in [0.05, 0.1) is 31.9 Å². The Morgan fingerprint density at radius 3 is 2.05 bits per heavy atom. The van der Waals surface area contributed by atoms with E-state index in [0.717, 1.165) is 39.9 Å². The molecule has 8 rings (SSSR count). The van der Waals surface area contributed by atoms with Gasteiger partial charge in [0, 0.05) is 42.6 Å². The summed E-state index contributed by atoms with van der Waals surface area (Å²) in [6.45, 7) is 18.1. The number of hydrogen-bond acceptors (Lipinski definition) is 3. The largest absolute Gasteiger partial charge is 0.507 e. The van der Waals surface area contributed by atoms with Crippen LogP contribution >= 0.6 is 0 Å². The maximum atomic E-state index is 12.1. The number of pyridine rings is 1. The zero-order chi connectivity index (χ0) is 52.0. The number of phenols is 1. The van der Waals surface area contributed by atoms with E-state index in [-0.39, 0.29) is 54.5 Å². The number of para-hydroxylation sites is 1. The van der Waals surface area contributed by atoms with Gasteiger partial charge in [-0.05, 0) is 100 Å². The van der Waals surface area contributed by atoms with Gasteiger partial charge in [-0.1, -0.05) is 164 Å². The molecule has 318 valence electrons. The molecule has 5 heteroatoms. The molecule has 0 aliphatic rings. The zero-order valence-electron chi connectivity index (χ0n) is 47.0. The first kappa shape index (κ1) is 33.0. The molecule has 0 saturated heterocycles. The number of fused-ring (bicyclic) bond motifs is 1. The van der Waals surface area contributed by atoms with Gasteiger partial charge >= 0.3 is 0 Å². The molecule has 62 heavy (non-hydrogen) atoms. The van der Waals surface area contributed by atoms with Gasteiger partial charge < -0.3 is 5.11 Å². The number of aromatic hydroxyl groups is 1. The van der Waals surface area contributed by atoms with Crippen LogP contribution in [0.5, 0.6) is 5.75 Å². The predicted octanol–water partition coefficient (Wildman–Crippen LogP) is 15.2. The van der Waals surface area contributed by atoms with E-state index in [2.05, 4.69) is 87.5 Å². The topological polar surface area (TPSA) is 50.9 Å². The van der Waals surface area contributed by atoms with Crippen molar-refractivity contribution in [3.8, 4) is 67.5 Å². The second-order valence-corrected chi connectivity index (χ2v) is 18.6. The van der Waals surface area contributed by atoms with Crippen molar-refractivity contribution in [2.75, 3.05) is 0 Å². The summed E-state index contributed by atoms with van der Waals surface area (Å²) in [5.74, 6) is 0.619. The summed E-state index contributed by atoms with van der Waals surface area (Å²) in [6.07, 6.45) is 0.338. The number of hydrogen-bond donors (Lipinski definition) is 1. The monoisotopic (exact) mass is 1010 g/mol. The maximum absolute atomic E-state index is 12.1. The Morgan fingerprint density at radius 2 is 1.37 bits per heavy atom. The molecule has 6 aromatic carbocycles. The molecular weight excluding hydrogens is 938 g/mol. The Bertz CT molecular complexity index is 3410. The fraction of sp³-hybridized carbons (Fsp3) is 0.263. The fourth-order valence-corrected chi connectivity index (χ4v) is 7.61. The van der Waals surface area contributed by atoms with Gasteiger partial charge in [0.15, 0.2) is 0 Å². The van der Waals surface area contributed by atoms with Crippen molar-refractivity contribution in [3.05, 3.63) is 167 Å². The van der Waals surface area contributed by atoms with E-state index >= 15 is 0 Å². The molecule has 0 aliphatic heterocycles. The molecule has 0 radical (unpaired) electrons. The molecule has 2 aromatic heterocycles. The van der Waals surface area contributed by atoms with Crippen LogP contribution in [0.15, 0.2) is 133 Å². The van der Waals surface area contributed by atoms with Crippen LogP contribution in [0.1, 0.15) is 110 Å². The number of imidazole rings is 1. The number of aromatic nitrogens is 3. The summed E-state index contributed by atoms with van der Waals surface area (Å²) < 4.78 is 88.1. The molecule has 8 aromatic rings. The molecule has 0 spiro atoms. The normalized spacial score (nSPS) is 14.6. The van der Waals surface area contributed by atoms with Crippen LogP contribution in [0.2, 0.25) is 0 Å². The Hall–Kier alpha value is -5.57. The van der Waals surface area contributed by atoms with E-state index in [9.17, 15) is 6.48 Å². The standard InChI is InChI=1S/C57H58N3O.Pt/c1-12-57(10,11)43-25-26-50(47(34-43)39-17-14-13-15-18-39)60-51-20-16-19-46(52(51)59-54(60)48-35-44(55(4,5)6)29-37(3)53(48)61)41-30-42(32-45(31-41)56(7,8)9)49-33-40(27-28-58-49)38-23-21-36(2)22-24-38;/h13-29,31-35,61H,12H2,1-11H3;/q-1;/i2D3,21D,22D,23D,24D,27D,28D,33D;. The quantitative estimate of drug-likeness (QED) is 0.154. The third-order valence-corrected chi connectivity index (χ3v) is 11.8. The van der Waals surface area contributed by atoms with Crippen LogP contribution in [0.25, 0.3) is 72.7 Å². The van der Waals surface area contributed by atoms with Gasteiger partial charge in [0.2, 0.25) is 0 Å². The van der Waals surface area contributed by atoms with Gasteiger partial charge in [-0.3, -0.25) is 9.55 Å². The molecule has 4 nitrogen and oxygen atoms in total. The van der Waals surface area contributed by atoms with E-state index in [1.54, 1.807) is 6.07 Å². The number of phenolic OH excluding ortho intramolecular Hbond substituents is 1. The SMILES string of the molecule is [2H]c1nc(-c2[c-]c(-c3cccc4c3nc(-c3cc(C(C)(C)C)cc(C)c3O)n4-c3ccc(C(C)(C)CC)cc3-c3ccccc3)cc(C(C)(C)C)c2)c([2H])c(-c2c([2H])c([2H])c(C([2H])([2H])[2H])c([2H])c2[2H])c1[2H].[Pt]. The summed E-state index contributed by atoms with van der Waals surface area (Å²) in [5, 5.41) is 12.1. The summed E-state index contributed by atoms with van der Waals surface area (Å²) in [5.41, 5.74) is 7.32. The van der Waals surface area contributed by atoms with Crippen molar-refractivity contribution in [2.24, 2.45) is 0 Å². The summed E-state index contributed by atoms with van der Waals surface area (Å²) in [6, 6.07) is 29.8. The summed E-state index contributed by atoms with van der Waals surface area (Å²) in [7, 11) is 0. The van der Waals surface area contributed by atoms with Crippen molar-refractivity contribution in [1.82, 2.24) is 14.5 Å². The Morgan fingerprint density at radius 1 is 0.694 bits per heavy atom. The van der Waals surface area contributed by atoms with Gasteiger partial charge in [-0.15, -0.1) is 29.3 Å². The Balaban J connectivity index is 0.00000760. The molecule has 1 N–H and O–H groups in total. The van der Waals surface area contributed by atoms with Gasteiger partial charge in [0.25, 0.3) is 0 Å². The summed E-state index contributed by atoms with van der Waals surface area (Å²) >= 11 is 0. The summed E-state index contributed by atoms with van der Waals surface area (Å²) in [4.78, 5) is 9.92. The van der Waals surface area contributed by atoms with Gasteiger partial charge in [-0.25, -0.2) is 4.98 Å². The fourth-order valence-electron chi connectivity index (χ4n) is 7.61. The van der Waals surface area contributed by atoms with Crippen molar-refractivity contribution >= 4 is 11.0 Å². The van der Waals surface area contributed by atoms with Crippen LogP contribution in [0.3, 0.4) is 0 Å². The average Bonchev–Trinajstić information content (AvgIpc) is 3.69. The van der Waals surface area contributed by atoms with Gasteiger partial charge in [0.1, 0.15) is 11.6 Å². The van der Waals surface area contributed by atoms with Crippen LogP contribution < -0.4 is 0 Å². The van der Waals surface area contributed by atoms with Crippen molar-refractivity contribution in [3.63, 3.8) is 0 Å². The minimum Gasteiger partial charge on any atom is -0.507 e. The maximum Gasteiger partial charge on any atom is 0.148 e. The van der Waals surface area contributed by atoms with Crippen LogP contribution in [-0.2, 0) is 37.3 Å². The minimum atomic E-state index is -2.97. The number of rotatable bonds is 8. The molecule has 0 fully saturated rings. The number of benzene rings is 6. The minimum absolute atomic E-state index is 0. The third kappa shape index (κ3) is 8.60. The first-order chi connectivity index (χ1) is 33.1. The first-order valence-corrected chi connectivity index (χ1v) is 20.8. The van der Waals surface area contributed by atoms with Crippen molar-refractivity contribution < 1.29 is 39.9 Å². The van der Waals surface area contributed by atoms with E-state index in [0.29, 0.717) is 33.6 Å². The van der Waals surface area contributed by atoms with Crippen LogP contribution in [0.4, 0.5) is 0 Å². The van der Waals surface area contributed by atoms with E-state index < -0.39 is 65.8 Å². The molecule has 0 aliphatic carbocycles. The Labute approximate surface area is 397 Å². The molecule has 0 unspecified atom stereocenters. The third-order valence-electron chi connectivity index (χ3n) is 11.8. The molecule has 0 amide bonds. The van der Waals surface area contributed by atoms with E-state index in [1.165, 1.54) is 5.56 Å². The van der Waals surface area contributed by atoms with Crippen molar-refractivity contribution in [2.45, 2.75) is 98.8 Å². The molecule has 2 heterocycles. The van der Waals surface area contributed by atoms with E-state index in [1.807, 2.05) is 82.3 Å². The van der Waals surface area contributed by atoms with Crippen LogP contribution in [-0.4, -0.2) is 19.6 Å².